The highest BCUT2D eigenvalue weighted by atomic mass is 16.7. The van der Waals surface area contributed by atoms with Crippen LogP contribution in [-0.4, -0.2) is 33.3 Å². The molecule has 8 heteroatoms. The molecule has 1 aromatic heterocycles. The van der Waals surface area contributed by atoms with E-state index < -0.39 is 0 Å². The van der Waals surface area contributed by atoms with Crippen LogP contribution in [0.2, 0.25) is 0 Å². The highest BCUT2D eigenvalue weighted by molar-refractivity contribution is 5.97. The van der Waals surface area contributed by atoms with Crippen LogP contribution in [0, 0.1) is 0 Å². The fraction of sp³-hybridized carbons (Fsp3) is 0.333. The summed E-state index contributed by atoms with van der Waals surface area (Å²) >= 11 is 0. The molecule has 0 radical (unpaired) electrons. The van der Waals surface area contributed by atoms with E-state index >= 15 is 0 Å². The highest BCUT2D eigenvalue weighted by Crippen LogP contribution is 2.32. The summed E-state index contributed by atoms with van der Waals surface area (Å²) in [5.74, 6) is 1.54. The number of anilines is 1. The number of hydrogen-bond donors (Lipinski definition) is 2. The molecule has 1 amide bonds. The number of allylic oxidation sites excluding steroid dienone is 1. The molecule has 3 rings (SSSR count). The number of nitrogens with one attached hydrogen (secondary N) is 2. The topological polar surface area (TPSA) is 102 Å². The normalized spacial score (nSPS) is 12.7. The van der Waals surface area contributed by atoms with Gasteiger partial charge in [0.05, 0.1) is 0 Å². The van der Waals surface area contributed by atoms with Crippen molar-refractivity contribution in [2.75, 3.05) is 12.1 Å². The lowest BCUT2D eigenvalue weighted by Gasteiger charge is -2.02. The van der Waals surface area contributed by atoms with E-state index in [0.717, 1.165) is 37.2 Å². The van der Waals surface area contributed by atoms with Crippen molar-refractivity contribution in [3.8, 4) is 11.5 Å². The highest BCUT2D eigenvalue weighted by Gasteiger charge is 2.12. The molecule has 1 aliphatic rings. The maximum Gasteiger partial charge on any atom is 0.270 e. The largest absolute Gasteiger partial charge is 0.454 e. The van der Waals surface area contributed by atoms with Gasteiger partial charge in [0.15, 0.2) is 11.5 Å². The third-order valence-electron chi connectivity index (χ3n) is 3.37. The molecule has 0 atom stereocenters. The Morgan fingerprint density at radius 3 is 3.09 bits per heavy atom. The summed E-state index contributed by atoms with van der Waals surface area (Å²) in [5, 5.41) is 15.4. The van der Waals surface area contributed by atoms with Gasteiger partial charge in [0, 0.05) is 0 Å². The Hall–Kier alpha value is -2.90. The molecule has 0 unspecified atom stereocenters. The SMILES string of the molecule is O=C(C=CCCCCc1ccc2c(c1)OCO2)Nc1nn[nH]n1. The molecule has 2 heterocycles. The number of H-pyrrole nitrogens is 1. The van der Waals surface area contributed by atoms with Gasteiger partial charge in [-0.25, -0.2) is 0 Å². The van der Waals surface area contributed by atoms with Crippen molar-refractivity contribution in [2.45, 2.75) is 25.7 Å². The predicted octanol–water partition coefficient (Wildman–Crippen LogP) is 1.84. The van der Waals surface area contributed by atoms with Crippen LogP contribution in [0.5, 0.6) is 11.5 Å². The van der Waals surface area contributed by atoms with Gasteiger partial charge in [0.1, 0.15) is 0 Å². The minimum absolute atomic E-state index is 0.169. The first-order chi connectivity index (χ1) is 11.3. The molecule has 8 nitrogen and oxygen atoms in total. The van der Waals surface area contributed by atoms with Crippen LogP contribution in [0.25, 0.3) is 0 Å². The molecule has 120 valence electrons. The van der Waals surface area contributed by atoms with E-state index in [2.05, 4.69) is 32.0 Å². The average Bonchev–Trinajstić information content (AvgIpc) is 3.21. The zero-order chi connectivity index (χ0) is 15.9. The van der Waals surface area contributed by atoms with Crippen LogP contribution < -0.4 is 14.8 Å². The van der Waals surface area contributed by atoms with Crippen molar-refractivity contribution in [2.24, 2.45) is 0 Å². The number of tetrazole rings is 1. The molecule has 0 spiro atoms. The van der Waals surface area contributed by atoms with Crippen LogP contribution in [0.1, 0.15) is 24.8 Å². The Kier molecular flexibility index (Phi) is 4.82. The van der Waals surface area contributed by atoms with Gasteiger partial charge in [0.25, 0.3) is 5.95 Å². The molecule has 0 saturated carbocycles. The van der Waals surface area contributed by atoms with E-state index in [4.69, 9.17) is 9.47 Å². The molecule has 0 saturated heterocycles. The van der Waals surface area contributed by atoms with Gasteiger partial charge >= 0.3 is 0 Å². The number of aryl methyl sites for hydroxylation is 1. The molecular formula is C15H17N5O3. The summed E-state index contributed by atoms with van der Waals surface area (Å²) in [4.78, 5) is 11.5. The van der Waals surface area contributed by atoms with E-state index in [-0.39, 0.29) is 11.9 Å². The van der Waals surface area contributed by atoms with E-state index in [1.54, 1.807) is 0 Å². The van der Waals surface area contributed by atoms with E-state index in [1.165, 1.54) is 11.6 Å². The van der Waals surface area contributed by atoms with Crippen LogP contribution in [0.15, 0.2) is 30.4 Å². The number of aromatic amines is 1. The number of hydrogen-bond acceptors (Lipinski definition) is 6. The van der Waals surface area contributed by atoms with Crippen molar-refractivity contribution in [3.05, 3.63) is 35.9 Å². The van der Waals surface area contributed by atoms with Crippen molar-refractivity contribution in [1.29, 1.82) is 0 Å². The molecule has 1 aliphatic heterocycles. The Balaban J connectivity index is 1.33. The second kappa shape index (κ2) is 7.39. The molecule has 2 aromatic rings. The zero-order valence-corrected chi connectivity index (χ0v) is 12.5. The molecule has 23 heavy (non-hydrogen) atoms. The van der Waals surface area contributed by atoms with Crippen LogP contribution in [0.3, 0.4) is 0 Å². The zero-order valence-electron chi connectivity index (χ0n) is 12.5. The summed E-state index contributed by atoms with van der Waals surface area (Å²) in [7, 11) is 0. The molecule has 1 aromatic carbocycles. The Bertz CT molecular complexity index is 684. The third kappa shape index (κ3) is 4.29. The van der Waals surface area contributed by atoms with E-state index in [1.807, 2.05) is 18.2 Å². The minimum Gasteiger partial charge on any atom is -0.454 e. The first kappa shape index (κ1) is 15.0. The number of unbranched alkanes of at least 4 members (excludes halogenated alkanes) is 2. The van der Waals surface area contributed by atoms with Crippen LogP contribution in [0.4, 0.5) is 5.95 Å². The number of carbonyl (C=O) groups is 1. The number of aromatic nitrogens is 4. The Labute approximate surface area is 132 Å². The van der Waals surface area contributed by atoms with Gasteiger partial charge in [-0.3, -0.25) is 10.1 Å². The van der Waals surface area contributed by atoms with Gasteiger partial charge in [0.2, 0.25) is 12.7 Å². The van der Waals surface area contributed by atoms with Crippen molar-refractivity contribution >= 4 is 11.9 Å². The number of nitrogens with zero attached hydrogens (tertiary/aromatic N) is 3. The number of benzene rings is 1. The molecular weight excluding hydrogens is 298 g/mol. The molecule has 0 fully saturated rings. The van der Waals surface area contributed by atoms with Gasteiger partial charge in [-0.2, -0.15) is 5.21 Å². The summed E-state index contributed by atoms with van der Waals surface area (Å²) < 4.78 is 10.6. The summed E-state index contributed by atoms with van der Waals surface area (Å²) in [6.45, 7) is 0.301. The number of fused-ring (bicyclic) bond motifs is 1. The molecule has 0 bridgehead atoms. The third-order valence-corrected chi connectivity index (χ3v) is 3.37. The summed E-state index contributed by atoms with van der Waals surface area (Å²) in [5.41, 5.74) is 1.23. The number of ether oxygens (including phenoxy) is 2. The van der Waals surface area contributed by atoms with Crippen molar-refractivity contribution in [1.82, 2.24) is 20.6 Å². The summed E-state index contributed by atoms with van der Waals surface area (Å²) in [6, 6.07) is 6.03. The number of rotatable bonds is 7. The second-order valence-electron chi connectivity index (χ2n) is 5.06. The monoisotopic (exact) mass is 315 g/mol. The first-order valence-corrected chi connectivity index (χ1v) is 7.41. The minimum atomic E-state index is -0.262. The van der Waals surface area contributed by atoms with Crippen LogP contribution in [-0.2, 0) is 11.2 Å². The van der Waals surface area contributed by atoms with E-state index in [9.17, 15) is 4.79 Å². The lowest BCUT2D eigenvalue weighted by molar-refractivity contribution is -0.112. The molecule has 2 N–H and O–H groups in total. The Morgan fingerprint density at radius 1 is 1.30 bits per heavy atom. The van der Waals surface area contributed by atoms with Crippen LogP contribution >= 0.6 is 0 Å². The Morgan fingerprint density at radius 2 is 2.22 bits per heavy atom. The van der Waals surface area contributed by atoms with Gasteiger partial charge in [-0.1, -0.05) is 17.2 Å². The quantitative estimate of drug-likeness (QED) is 0.597. The standard InChI is InChI=1S/C15H17N5O3/c21-14(16-15-17-19-20-18-15)6-4-2-1-3-5-11-7-8-12-13(9-11)23-10-22-12/h4,6-9H,1-3,5,10H2,(H2,16,17,18,19,20,21). The fourth-order valence-electron chi connectivity index (χ4n) is 2.24. The smallest absolute Gasteiger partial charge is 0.270 e. The predicted molar refractivity (Wildman–Crippen MR) is 82.1 cm³/mol. The fourth-order valence-corrected chi connectivity index (χ4v) is 2.24. The lowest BCUT2D eigenvalue weighted by atomic mass is 10.1. The van der Waals surface area contributed by atoms with Gasteiger partial charge in [-0.15, -0.1) is 5.10 Å². The lowest BCUT2D eigenvalue weighted by Crippen LogP contribution is -2.09. The maximum absolute atomic E-state index is 11.5. The maximum atomic E-state index is 11.5. The number of carbonyl (C=O) groups excluding carboxylic acids is 1. The molecule has 0 aliphatic carbocycles. The van der Waals surface area contributed by atoms with Gasteiger partial charge < -0.3 is 9.47 Å². The van der Waals surface area contributed by atoms with E-state index in [0.29, 0.717) is 6.79 Å². The second-order valence-corrected chi connectivity index (χ2v) is 5.06. The summed E-state index contributed by atoms with van der Waals surface area (Å²) in [6.07, 6.45) is 7.17. The van der Waals surface area contributed by atoms with Gasteiger partial charge in [-0.05, 0) is 54.7 Å². The van der Waals surface area contributed by atoms with Crippen molar-refractivity contribution < 1.29 is 14.3 Å². The number of amides is 1. The average molecular weight is 315 g/mol. The first-order valence-electron chi connectivity index (χ1n) is 7.41. The van der Waals surface area contributed by atoms with Crippen molar-refractivity contribution in [3.63, 3.8) is 0 Å².